The molecule has 0 saturated heterocycles. The number of hydrogen-bond donors (Lipinski definition) is 1. The lowest BCUT2D eigenvalue weighted by molar-refractivity contribution is -0.384. The minimum Gasteiger partial charge on any atom is -0.376 e. The molecule has 2 rings (SSSR count). The molecule has 0 aliphatic rings. The van der Waals surface area contributed by atoms with Gasteiger partial charge in [0.05, 0.1) is 16.3 Å². The van der Waals surface area contributed by atoms with E-state index in [1.54, 1.807) is 16.8 Å². The molecule has 2 aromatic rings. The molecule has 0 bridgehead atoms. The van der Waals surface area contributed by atoms with Gasteiger partial charge in [-0.1, -0.05) is 12.1 Å². The summed E-state index contributed by atoms with van der Waals surface area (Å²) < 4.78 is 1.75. The number of anilines is 1. The molecule has 19 heavy (non-hydrogen) atoms. The van der Waals surface area contributed by atoms with Crippen molar-refractivity contribution in [1.29, 1.82) is 0 Å². The summed E-state index contributed by atoms with van der Waals surface area (Å²) in [4.78, 5) is 10.2. The SMILES string of the molecule is Cc1nn(C)cc1NC(C)c1ccc([N+](=O)[O-])cc1. The molecule has 0 aliphatic carbocycles. The third-order valence-corrected chi connectivity index (χ3v) is 2.99. The van der Waals surface area contributed by atoms with Crippen LogP contribution in [0.4, 0.5) is 11.4 Å². The molecule has 1 aromatic heterocycles. The number of nitrogens with zero attached hydrogens (tertiary/aromatic N) is 3. The number of aromatic nitrogens is 2. The Hall–Kier alpha value is -2.37. The van der Waals surface area contributed by atoms with Crippen LogP contribution in [-0.4, -0.2) is 14.7 Å². The quantitative estimate of drug-likeness (QED) is 0.677. The maximum atomic E-state index is 10.6. The second-order valence-corrected chi connectivity index (χ2v) is 4.52. The summed E-state index contributed by atoms with van der Waals surface area (Å²) in [6.07, 6.45) is 1.91. The van der Waals surface area contributed by atoms with Crippen LogP contribution in [0, 0.1) is 17.0 Å². The van der Waals surface area contributed by atoms with Gasteiger partial charge in [0.15, 0.2) is 0 Å². The highest BCUT2D eigenvalue weighted by Gasteiger charge is 2.11. The van der Waals surface area contributed by atoms with Crippen molar-refractivity contribution in [2.75, 3.05) is 5.32 Å². The number of nitro groups is 1. The standard InChI is InChI=1S/C13H16N4O2/c1-9(14-13-8-16(3)15-10(13)2)11-4-6-12(7-5-11)17(18)19/h4-9,14H,1-3H3. The first kappa shape index (κ1) is 13.1. The van der Waals surface area contributed by atoms with E-state index < -0.39 is 4.92 Å². The van der Waals surface area contributed by atoms with Gasteiger partial charge in [0.1, 0.15) is 0 Å². The van der Waals surface area contributed by atoms with Gasteiger partial charge in [-0.05, 0) is 19.4 Å². The van der Waals surface area contributed by atoms with Gasteiger partial charge in [-0.2, -0.15) is 5.10 Å². The zero-order chi connectivity index (χ0) is 14.0. The predicted molar refractivity (Wildman–Crippen MR) is 73.1 cm³/mol. The maximum Gasteiger partial charge on any atom is 0.269 e. The van der Waals surface area contributed by atoms with Gasteiger partial charge in [-0.15, -0.1) is 0 Å². The van der Waals surface area contributed by atoms with E-state index in [-0.39, 0.29) is 11.7 Å². The highest BCUT2D eigenvalue weighted by molar-refractivity contribution is 5.48. The Bertz CT molecular complexity index is 589. The van der Waals surface area contributed by atoms with E-state index in [2.05, 4.69) is 10.4 Å². The van der Waals surface area contributed by atoms with Crippen molar-refractivity contribution in [2.24, 2.45) is 7.05 Å². The third-order valence-electron chi connectivity index (χ3n) is 2.99. The Kier molecular flexibility index (Phi) is 3.50. The summed E-state index contributed by atoms with van der Waals surface area (Å²) in [6.45, 7) is 3.94. The molecule has 0 fully saturated rings. The highest BCUT2D eigenvalue weighted by atomic mass is 16.6. The minimum absolute atomic E-state index is 0.0590. The molecule has 0 spiro atoms. The number of benzene rings is 1. The van der Waals surface area contributed by atoms with Crippen LogP contribution in [-0.2, 0) is 7.05 Å². The first-order valence-corrected chi connectivity index (χ1v) is 5.98. The largest absolute Gasteiger partial charge is 0.376 e. The summed E-state index contributed by atoms with van der Waals surface area (Å²) in [5.41, 5.74) is 2.99. The number of non-ortho nitro benzene ring substituents is 1. The van der Waals surface area contributed by atoms with E-state index in [4.69, 9.17) is 0 Å². The van der Waals surface area contributed by atoms with Crippen molar-refractivity contribution in [1.82, 2.24) is 9.78 Å². The molecule has 6 heteroatoms. The van der Waals surface area contributed by atoms with Crippen molar-refractivity contribution in [3.8, 4) is 0 Å². The molecule has 0 amide bonds. The zero-order valence-electron chi connectivity index (χ0n) is 11.1. The molecular formula is C13H16N4O2. The summed E-state index contributed by atoms with van der Waals surface area (Å²) in [7, 11) is 1.87. The molecule has 1 heterocycles. The Morgan fingerprint density at radius 1 is 1.37 bits per heavy atom. The minimum atomic E-state index is -0.396. The molecular weight excluding hydrogens is 244 g/mol. The van der Waals surface area contributed by atoms with E-state index in [1.165, 1.54) is 12.1 Å². The van der Waals surface area contributed by atoms with E-state index in [1.807, 2.05) is 27.1 Å². The summed E-state index contributed by atoms with van der Waals surface area (Å²) >= 11 is 0. The van der Waals surface area contributed by atoms with E-state index in [0.717, 1.165) is 16.9 Å². The summed E-state index contributed by atoms with van der Waals surface area (Å²) in [5.74, 6) is 0. The van der Waals surface area contributed by atoms with Crippen LogP contribution in [0.15, 0.2) is 30.5 Å². The number of nitrogens with one attached hydrogen (secondary N) is 1. The molecule has 0 saturated carbocycles. The number of nitro benzene ring substituents is 1. The molecule has 0 aliphatic heterocycles. The second kappa shape index (κ2) is 5.09. The van der Waals surface area contributed by atoms with Gasteiger partial charge < -0.3 is 5.32 Å². The normalized spacial score (nSPS) is 12.2. The van der Waals surface area contributed by atoms with Crippen molar-refractivity contribution in [2.45, 2.75) is 19.9 Å². The second-order valence-electron chi connectivity index (χ2n) is 4.52. The lowest BCUT2D eigenvalue weighted by atomic mass is 10.1. The smallest absolute Gasteiger partial charge is 0.269 e. The number of aryl methyl sites for hydroxylation is 2. The zero-order valence-corrected chi connectivity index (χ0v) is 11.1. The van der Waals surface area contributed by atoms with Crippen LogP contribution in [0.2, 0.25) is 0 Å². The van der Waals surface area contributed by atoms with Gasteiger partial charge in [0.2, 0.25) is 0 Å². The molecule has 1 atom stereocenters. The summed E-state index contributed by atoms with van der Waals surface area (Å²) in [5, 5.41) is 18.2. The average Bonchev–Trinajstić information content (AvgIpc) is 2.68. The average molecular weight is 260 g/mol. The van der Waals surface area contributed by atoms with Crippen LogP contribution in [0.1, 0.15) is 24.2 Å². The van der Waals surface area contributed by atoms with Gasteiger partial charge >= 0.3 is 0 Å². The third kappa shape index (κ3) is 2.90. The van der Waals surface area contributed by atoms with E-state index in [0.29, 0.717) is 0 Å². The lowest BCUT2D eigenvalue weighted by Crippen LogP contribution is -2.06. The molecule has 1 aromatic carbocycles. The molecule has 1 N–H and O–H groups in total. The highest BCUT2D eigenvalue weighted by Crippen LogP contribution is 2.22. The van der Waals surface area contributed by atoms with Gasteiger partial charge in [-0.3, -0.25) is 14.8 Å². The molecule has 100 valence electrons. The topological polar surface area (TPSA) is 73.0 Å². The first-order valence-electron chi connectivity index (χ1n) is 5.98. The van der Waals surface area contributed by atoms with Crippen LogP contribution < -0.4 is 5.32 Å². The molecule has 1 unspecified atom stereocenters. The number of rotatable bonds is 4. The van der Waals surface area contributed by atoms with Crippen LogP contribution in [0.3, 0.4) is 0 Å². The van der Waals surface area contributed by atoms with E-state index >= 15 is 0 Å². The van der Waals surface area contributed by atoms with E-state index in [9.17, 15) is 10.1 Å². The molecule has 0 radical (unpaired) electrons. The summed E-state index contributed by atoms with van der Waals surface area (Å²) in [6, 6.07) is 6.62. The Balaban J connectivity index is 2.13. The van der Waals surface area contributed by atoms with Gasteiger partial charge in [0, 0.05) is 31.4 Å². The predicted octanol–water partition coefficient (Wildman–Crippen LogP) is 2.81. The molecule has 6 nitrogen and oxygen atoms in total. The van der Waals surface area contributed by atoms with Gasteiger partial charge in [0.25, 0.3) is 5.69 Å². The Labute approximate surface area is 111 Å². The van der Waals surface area contributed by atoms with Crippen molar-refractivity contribution < 1.29 is 4.92 Å². The van der Waals surface area contributed by atoms with Crippen molar-refractivity contribution in [3.05, 3.63) is 51.8 Å². The lowest BCUT2D eigenvalue weighted by Gasteiger charge is -2.14. The maximum absolute atomic E-state index is 10.6. The monoisotopic (exact) mass is 260 g/mol. The Morgan fingerprint density at radius 3 is 2.47 bits per heavy atom. The fraction of sp³-hybridized carbons (Fsp3) is 0.308. The van der Waals surface area contributed by atoms with Crippen molar-refractivity contribution in [3.63, 3.8) is 0 Å². The fourth-order valence-electron chi connectivity index (χ4n) is 1.94. The van der Waals surface area contributed by atoms with Crippen LogP contribution in [0.5, 0.6) is 0 Å². The Morgan fingerprint density at radius 2 is 2.00 bits per heavy atom. The van der Waals surface area contributed by atoms with Crippen molar-refractivity contribution >= 4 is 11.4 Å². The fourth-order valence-corrected chi connectivity index (χ4v) is 1.94. The van der Waals surface area contributed by atoms with Gasteiger partial charge in [-0.25, -0.2) is 0 Å². The first-order chi connectivity index (χ1) is 8.97. The van der Waals surface area contributed by atoms with Crippen LogP contribution >= 0.6 is 0 Å². The number of hydrogen-bond acceptors (Lipinski definition) is 4. The van der Waals surface area contributed by atoms with Crippen LogP contribution in [0.25, 0.3) is 0 Å².